The normalized spacial score (nSPS) is 18.8. The number of aromatic nitrogens is 7. The number of hydrogen-bond acceptors (Lipinski definition) is 6. The number of amides is 1. The number of rotatable bonds is 3. The Morgan fingerprint density at radius 3 is 2.63 bits per heavy atom. The van der Waals surface area contributed by atoms with E-state index in [2.05, 4.69) is 25.7 Å². The summed E-state index contributed by atoms with van der Waals surface area (Å²) in [5.41, 5.74) is 2.52. The van der Waals surface area contributed by atoms with Crippen LogP contribution >= 0.6 is 23.2 Å². The second kappa shape index (κ2) is 11.3. The van der Waals surface area contributed by atoms with Crippen molar-refractivity contribution in [2.75, 3.05) is 5.32 Å². The van der Waals surface area contributed by atoms with Crippen LogP contribution in [0.4, 0.5) is 14.5 Å². The van der Waals surface area contributed by atoms with Crippen molar-refractivity contribution in [1.82, 2.24) is 34.3 Å². The Labute approximate surface area is 253 Å². The van der Waals surface area contributed by atoms with Gasteiger partial charge in [-0.15, -0.1) is 5.10 Å². The van der Waals surface area contributed by atoms with Crippen LogP contribution in [0.5, 0.6) is 0 Å². The van der Waals surface area contributed by atoms with Crippen molar-refractivity contribution in [3.63, 3.8) is 0 Å². The number of aryl methyl sites for hydroxylation is 1. The maximum atomic E-state index is 15.4. The zero-order chi connectivity index (χ0) is 30.4. The van der Waals surface area contributed by atoms with Gasteiger partial charge in [0.1, 0.15) is 12.0 Å². The van der Waals surface area contributed by atoms with E-state index in [-0.39, 0.29) is 18.0 Å². The number of nitrogens with one attached hydrogen (secondary N) is 1. The van der Waals surface area contributed by atoms with Gasteiger partial charge < -0.3 is 5.32 Å². The summed E-state index contributed by atoms with van der Waals surface area (Å²) < 4.78 is 34.8. The fourth-order valence-corrected chi connectivity index (χ4v) is 5.62. The highest BCUT2D eigenvalue weighted by Gasteiger charge is 2.29. The molecular weight excluding hydrogens is 601 g/mol. The first-order chi connectivity index (χ1) is 20.6. The van der Waals surface area contributed by atoms with Crippen molar-refractivity contribution < 1.29 is 13.6 Å². The van der Waals surface area contributed by atoms with Crippen LogP contribution in [0.25, 0.3) is 28.2 Å². The molecule has 1 aliphatic heterocycles. The maximum Gasteiger partial charge on any atom is 0.254 e. The third-order valence-corrected chi connectivity index (χ3v) is 7.97. The quantitative estimate of drug-likeness (QED) is 0.278. The fourth-order valence-electron chi connectivity index (χ4n) is 5.32. The standard InChI is InChI=1S/C29H24Cl2F2N8O2/c1-15-21(33)4-6-24(16-7-17(9-19(32)8-16)28-23(36-29(15)43)12-35-39(28)2)40-14-34-22(11-27(40)42)20-10-18(30)3-5-25(20)41-13-26(31)37-38-41/h3,5,7-15,21,24H,4,6H2,1-2H3,(H,36,43). The molecule has 3 aromatic heterocycles. The summed E-state index contributed by atoms with van der Waals surface area (Å²) in [4.78, 5) is 31.1. The van der Waals surface area contributed by atoms with Crippen molar-refractivity contribution in [3.8, 4) is 28.2 Å². The van der Waals surface area contributed by atoms with Crippen LogP contribution in [0.15, 0.2) is 66.0 Å². The molecule has 1 aliphatic rings. The van der Waals surface area contributed by atoms with Crippen molar-refractivity contribution >= 4 is 34.8 Å². The monoisotopic (exact) mass is 624 g/mol. The molecule has 6 rings (SSSR count). The lowest BCUT2D eigenvalue weighted by molar-refractivity contribution is -0.121. The SMILES string of the molecule is CC1C(=O)Nc2cnn(C)c2-c2cc(F)cc(c2)C(n2cnc(-c3cc(Cl)ccc3-n3cc(Cl)nn3)cc2=O)CCC1F. The van der Waals surface area contributed by atoms with Gasteiger partial charge in [0.2, 0.25) is 5.91 Å². The Morgan fingerprint density at radius 2 is 1.88 bits per heavy atom. The topological polar surface area (TPSA) is 113 Å². The Kier molecular flexibility index (Phi) is 7.57. The number of carbonyl (C=O) groups is 1. The van der Waals surface area contributed by atoms with Crippen molar-refractivity contribution in [2.24, 2.45) is 13.0 Å². The van der Waals surface area contributed by atoms with E-state index in [1.165, 1.54) is 57.8 Å². The molecule has 0 fully saturated rings. The van der Waals surface area contributed by atoms with E-state index in [1.54, 1.807) is 31.3 Å². The van der Waals surface area contributed by atoms with Crippen molar-refractivity contribution in [2.45, 2.75) is 32.0 Å². The molecule has 2 aromatic carbocycles. The number of alkyl halides is 1. The van der Waals surface area contributed by atoms with E-state index in [0.29, 0.717) is 44.5 Å². The lowest BCUT2D eigenvalue weighted by atomic mass is 9.93. The molecule has 14 heteroatoms. The molecule has 1 N–H and O–H groups in total. The van der Waals surface area contributed by atoms with Crippen LogP contribution < -0.4 is 10.9 Å². The highest BCUT2D eigenvalue weighted by atomic mass is 35.5. The molecular formula is C29H24Cl2F2N8O2. The van der Waals surface area contributed by atoms with Gasteiger partial charge >= 0.3 is 0 Å². The molecule has 0 saturated carbocycles. The molecule has 0 radical (unpaired) electrons. The van der Waals surface area contributed by atoms with Gasteiger partial charge in [-0.05, 0) is 54.8 Å². The van der Waals surface area contributed by atoms with E-state index in [0.717, 1.165) is 0 Å². The molecule has 0 aliphatic carbocycles. The van der Waals surface area contributed by atoms with E-state index in [1.807, 2.05) is 0 Å². The van der Waals surface area contributed by atoms with Gasteiger partial charge in [-0.3, -0.25) is 18.8 Å². The van der Waals surface area contributed by atoms with Gasteiger partial charge in [0.15, 0.2) is 5.15 Å². The van der Waals surface area contributed by atoms with Crippen LogP contribution in [0.1, 0.15) is 31.4 Å². The summed E-state index contributed by atoms with van der Waals surface area (Å²) in [6.07, 6.45) is 2.79. The number of hydrogen-bond donors (Lipinski definition) is 1. The first-order valence-electron chi connectivity index (χ1n) is 13.3. The zero-order valence-corrected chi connectivity index (χ0v) is 24.4. The molecule has 5 aromatic rings. The number of anilines is 1. The molecule has 3 atom stereocenters. The number of nitrogens with zero attached hydrogens (tertiary/aromatic N) is 7. The zero-order valence-electron chi connectivity index (χ0n) is 22.9. The molecule has 4 heterocycles. The summed E-state index contributed by atoms with van der Waals surface area (Å²) in [5.74, 6) is -2.07. The predicted molar refractivity (Wildman–Crippen MR) is 158 cm³/mol. The molecule has 1 amide bonds. The number of benzene rings is 2. The van der Waals surface area contributed by atoms with Crippen molar-refractivity contribution in [3.05, 3.63) is 93.1 Å². The summed E-state index contributed by atoms with van der Waals surface area (Å²) >= 11 is 12.2. The lowest BCUT2D eigenvalue weighted by Gasteiger charge is -2.24. The summed E-state index contributed by atoms with van der Waals surface area (Å²) in [6.45, 7) is 1.50. The Morgan fingerprint density at radius 1 is 1.07 bits per heavy atom. The van der Waals surface area contributed by atoms with E-state index >= 15 is 8.78 Å². The Hall–Kier alpha value is -4.42. The van der Waals surface area contributed by atoms with Gasteiger partial charge in [0.05, 0.1) is 53.4 Å². The van der Waals surface area contributed by atoms with E-state index in [9.17, 15) is 9.59 Å². The Balaban J connectivity index is 1.48. The highest BCUT2D eigenvalue weighted by Crippen LogP contribution is 2.35. The van der Waals surface area contributed by atoms with E-state index in [4.69, 9.17) is 23.2 Å². The third-order valence-electron chi connectivity index (χ3n) is 7.57. The third kappa shape index (κ3) is 5.55. The molecule has 220 valence electrons. The minimum atomic E-state index is -1.53. The smallest absolute Gasteiger partial charge is 0.254 e. The fraction of sp³-hybridized carbons (Fsp3) is 0.241. The Bertz CT molecular complexity index is 1920. The van der Waals surface area contributed by atoms with Crippen LogP contribution in [0.2, 0.25) is 10.2 Å². The molecule has 0 saturated heterocycles. The van der Waals surface area contributed by atoms with E-state index < -0.39 is 35.4 Å². The van der Waals surface area contributed by atoms with Crippen LogP contribution in [0, 0.1) is 11.7 Å². The molecule has 10 nitrogen and oxygen atoms in total. The molecule has 43 heavy (non-hydrogen) atoms. The van der Waals surface area contributed by atoms with Gasteiger partial charge in [0, 0.05) is 29.3 Å². The molecule has 2 bridgehead atoms. The van der Waals surface area contributed by atoms with Gasteiger partial charge in [-0.25, -0.2) is 18.4 Å². The summed E-state index contributed by atoms with van der Waals surface area (Å²) in [6, 6.07) is 9.87. The predicted octanol–water partition coefficient (Wildman–Crippen LogP) is 5.63. The van der Waals surface area contributed by atoms with Gasteiger partial charge in [0.25, 0.3) is 5.56 Å². The number of halogens is 4. The van der Waals surface area contributed by atoms with Gasteiger partial charge in [-0.1, -0.05) is 35.3 Å². The van der Waals surface area contributed by atoms with Crippen LogP contribution in [-0.2, 0) is 11.8 Å². The first kappa shape index (κ1) is 28.7. The number of fused-ring (bicyclic) bond motifs is 4. The minimum absolute atomic E-state index is 0.0648. The largest absolute Gasteiger partial charge is 0.323 e. The summed E-state index contributed by atoms with van der Waals surface area (Å²) in [5, 5.41) is 15.3. The number of carbonyl (C=O) groups excluding carboxylic acids is 1. The average Bonchev–Trinajstić information content (AvgIpc) is 3.57. The van der Waals surface area contributed by atoms with Crippen LogP contribution in [-0.4, -0.2) is 46.4 Å². The van der Waals surface area contributed by atoms with Crippen molar-refractivity contribution in [1.29, 1.82) is 0 Å². The minimum Gasteiger partial charge on any atom is -0.323 e. The maximum absolute atomic E-state index is 15.4. The highest BCUT2D eigenvalue weighted by molar-refractivity contribution is 6.31. The average molecular weight is 625 g/mol. The summed E-state index contributed by atoms with van der Waals surface area (Å²) in [7, 11) is 1.66. The van der Waals surface area contributed by atoms with Crippen LogP contribution in [0.3, 0.4) is 0 Å². The molecule has 3 unspecified atom stereocenters. The lowest BCUT2D eigenvalue weighted by Crippen LogP contribution is -2.30. The van der Waals surface area contributed by atoms with Gasteiger partial charge in [-0.2, -0.15) is 5.10 Å². The second-order valence-electron chi connectivity index (χ2n) is 10.4. The molecule has 0 spiro atoms. The second-order valence-corrected chi connectivity index (χ2v) is 11.2. The first-order valence-corrected chi connectivity index (χ1v) is 14.1.